The van der Waals surface area contributed by atoms with Crippen LogP contribution in [-0.4, -0.2) is 10.4 Å². The molecule has 0 aromatic heterocycles. The van der Waals surface area contributed by atoms with Crippen molar-refractivity contribution >= 4 is 33.7 Å². The minimum atomic E-state index is -0.566. The fourth-order valence-corrected chi connectivity index (χ4v) is 0.704. The molecule has 0 fully saturated rings. The summed E-state index contributed by atoms with van der Waals surface area (Å²) in [6.45, 7) is 1.41. The van der Waals surface area contributed by atoms with Crippen molar-refractivity contribution in [3.63, 3.8) is 0 Å². The molecule has 9 heavy (non-hydrogen) atoms. The van der Waals surface area contributed by atoms with Gasteiger partial charge in [0.2, 0.25) is 5.24 Å². The van der Waals surface area contributed by atoms with E-state index in [1.165, 1.54) is 12.3 Å². The first-order valence-corrected chi connectivity index (χ1v) is 3.42. The van der Waals surface area contributed by atoms with Gasteiger partial charge in [-0.05, 0) is 17.0 Å². The van der Waals surface area contributed by atoms with Gasteiger partial charge in [-0.2, -0.15) is 0 Å². The Morgan fingerprint density at radius 3 is 2.44 bits per heavy atom. The summed E-state index contributed by atoms with van der Waals surface area (Å²) in [6, 6.07) is 0. The Labute approximate surface area is 62.3 Å². The second kappa shape index (κ2) is 4.58. The molecule has 0 aromatic carbocycles. The van der Waals surface area contributed by atoms with E-state index < -0.39 is 5.24 Å². The van der Waals surface area contributed by atoms with E-state index >= 15 is 0 Å². The summed E-state index contributed by atoms with van der Waals surface area (Å²) in [5.74, 6) is 0. The number of carbonyl (C=O) groups excluding carboxylic acids is 2. The lowest BCUT2D eigenvalue weighted by molar-refractivity contribution is -0.109. The van der Waals surface area contributed by atoms with Crippen molar-refractivity contribution in [1.82, 2.24) is 0 Å². The Bertz CT molecular complexity index is 153. The van der Waals surface area contributed by atoms with Gasteiger partial charge in [0.05, 0.1) is 0 Å². The highest BCUT2D eigenvalue weighted by atomic mass is 35.5. The molecule has 50 valence electrons. The van der Waals surface area contributed by atoms with Crippen molar-refractivity contribution in [2.75, 3.05) is 0 Å². The van der Waals surface area contributed by atoms with E-state index in [-0.39, 0.29) is 5.12 Å². The molecule has 0 unspecified atom stereocenters. The predicted octanol–water partition coefficient (Wildman–Crippen LogP) is 1.55. The highest BCUT2D eigenvalue weighted by Crippen LogP contribution is 2.02. The van der Waals surface area contributed by atoms with Gasteiger partial charge >= 0.3 is 0 Å². The molecule has 0 atom stereocenters. The molecule has 0 radical (unpaired) electrons. The SMILES string of the molecule is CC(=O)S/C=C\C(=O)Cl. The zero-order valence-electron chi connectivity index (χ0n) is 4.76. The molecule has 2 nitrogen and oxygen atoms in total. The first-order valence-electron chi connectivity index (χ1n) is 2.16. The van der Waals surface area contributed by atoms with E-state index in [1.54, 1.807) is 0 Å². The molecule has 0 amide bonds. The molecular formula is C5H5ClO2S. The molecule has 0 saturated heterocycles. The number of hydrogen-bond acceptors (Lipinski definition) is 3. The van der Waals surface area contributed by atoms with E-state index in [9.17, 15) is 9.59 Å². The van der Waals surface area contributed by atoms with E-state index in [4.69, 9.17) is 11.6 Å². The molecule has 0 spiro atoms. The van der Waals surface area contributed by atoms with Gasteiger partial charge in [-0.3, -0.25) is 9.59 Å². The van der Waals surface area contributed by atoms with Gasteiger partial charge in [-0.15, -0.1) is 0 Å². The van der Waals surface area contributed by atoms with Crippen molar-refractivity contribution in [3.05, 3.63) is 11.5 Å². The number of rotatable bonds is 2. The number of thioether (sulfide) groups is 1. The van der Waals surface area contributed by atoms with Gasteiger partial charge in [0.15, 0.2) is 5.12 Å². The van der Waals surface area contributed by atoms with Crippen LogP contribution < -0.4 is 0 Å². The number of hydrogen-bond donors (Lipinski definition) is 0. The van der Waals surface area contributed by atoms with Crippen molar-refractivity contribution in [3.8, 4) is 0 Å². The summed E-state index contributed by atoms with van der Waals surface area (Å²) in [7, 11) is 0. The van der Waals surface area contributed by atoms with Gasteiger partial charge in [0, 0.05) is 13.0 Å². The monoisotopic (exact) mass is 164 g/mol. The quantitative estimate of drug-likeness (QED) is 0.459. The van der Waals surface area contributed by atoms with E-state index in [1.807, 2.05) is 0 Å². The predicted molar refractivity (Wildman–Crippen MR) is 38.3 cm³/mol. The van der Waals surface area contributed by atoms with Crippen LogP contribution in [0.5, 0.6) is 0 Å². The second-order valence-electron chi connectivity index (χ2n) is 1.22. The molecule has 0 aromatic rings. The normalized spacial score (nSPS) is 10.0. The fraction of sp³-hybridized carbons (Fsp3) is 0.200. The fourth-order valence-electron chi connectivity index (χ4n) is 0.183. The van der Waals surface area contributed by atoms with Crippen LogP contribution in [0.4, 0.5) is 0 Å². The summed E-state index contributed by atoms with van der Waals surface area (Å²) in [5.41, 5.74) is 0. The lowest BCUT2D eigenvalue weighted by Crippen LogP contribution is -1.77. The largest absolute Gasteiger partial charge is 0.287 e. The molecule has 0 aliphatic rings. The molecule has 0 saturated carbocycles. The maximum atomic E-state index is 10.2. The zero-order valence-corrected chi connectivity index (χ0v) is 6.33. The van der Waals surface area contributed by atoms with Crippen LogP contribution in [0.1, 0.15) is 6.92 Å². The average molecular weight is 165 g/mol. The maximum Gasteiger partial charge on any atom is 0.245 e. The number of allylic oxidation sites excluding steroid dienone is 1. The van der Waals surface area contributed by atoms with E-state index in [2.05, 4.69) is 0 Å². The van der Waals surface area contributed by atoms with E-state index in [0.717, 1.165) is 17.8 Å². The molecule has 0 aliphatic carbocycles. The summed E-state index contributed by atoms with van der Waals surface area (Å²) in [4.78, 5) is 20.2. The standard InChI is InChI=1S/C5H5ClO2S/c1-4(7)9-3-2-5(6)8/h2-3H,1H3/b3-2-. The van der Waals surface area contributed by atoms with Gasteiger partial charge in [-0.1, -0.05) is 11.8 Å². The number of halogens is 1. The minimum Gasteiger partial charge on any atom is -0.287 e. The van der Waals surface area contributed by atoms with Crippen molar-refractivity contribution in [2.24, 2.45) is 0 Å². The van der Waals surface area contributed by atoms with Crippen LogP contribution in [0.25, 0.3) is 0 Å². The number of carbonyl (C=O) groups is 2. The first kappa shape index (κ1) is 8.72. The smallest absolute Gasteiger partial charge is 0.245 e. The van der Waals surface area contributed by atoms with Gasteiger partial charge in [-0.25, -0.2) is 0 Å². The lowest BCUT2D eigenvalue weighted by Gasteiger charge is -1.79. The van der Waals surface area contributed by atoms with Crippen molar-refractivity contribution in [1.29, 1.82) is 0 Å². The van der Waals surface area contributed by atoms with Gasteiger partial charge < -0.3 is 0 Å². The van der Waals surface area contributed by atoms with Crippen molar-refractivity contribution < 1.29 is 9.59 Å². The van der Waals surface area contributed by atoms with Crippen LogP contribution >= 0.6 is 23.4 Å². The minimum absolute atomic E-state index is 0.0656. The summed E-state index contributed by atoms with van der Waals surface area (Å²) < 4.78 is 0. The van der Waals surface area contributed by atoms with Gasteiger partial charge in [0.1, 0.15) is 0 Å². The zero-order chi connectivity index (χ0) is 7.28. The maximum absolute atomic E-state index is 10.2. The summed E-state index contributed by atoms with van der Waals surface area (Å²) in [5, 5.41) is 0.727. The van der Waals surface area contributed by atoms with Crippen LogP contribution in [0.3, 0.4) is 0 Å². The molecule has 0 aliphatic heterocycles. The second-order valence-corrected chi connectivity index (χ2v) is 2.67. The molecule has 4 heteroatoms. The Kier molecular flexibility index (Phi) is 4.44. The molecule has 0 N–H and O–H groups in total. The molecular weight excluding hydrogens is 160 g/mol. The summed E-state index contributed by atoms with van der Waals surface area (Å²) >= 11 is 5.85. The Morgan fingerprint density at radius 2 is 2.11 bits per heavy atom. The van der Waals surface area contributed by atoms with E-state index in [0.29, 0.717) is 0 Å². The molecule has 0 rings (SSSR count). The Hall–Kier alpha value is -0.280. The topological polar surface area (TPSA) is 34.1 Å². The van der Waals surface area contributed by atoms with Crippen LogP contribution in [-0.2, 0) is 9.59 Å². The first-order chi connectivity index (χ1) is 4.13. The molecule has 0 heterocycles. The van der Waals surface area contributed by atoms with Crippen LogP contribution in [0.15, 0.2) is 11.5 Å². The highest BCUT2D eigenvalue weighted by Gasteiger charge is 1.88. The lowest BCUT2D eigenvalue weighted by atomic mass is 10.7. The van der Waals surface area contributed by atoms with Crippen LogP contribution in [0.2, 0.25) is 0 Å². The Morgan fingerprint density at radius 1 is 1.56 bits per heavy atom. The summed E-state index contributed by atoms with van der Waals surface area (Å²) in [6.07, 6.45) is 1.13. The molecule has 0 bridgehead atoms. The Balaban J connectivity index is 3.48. The third-order valence-electron chi connectivity index (χ3n) is 0.433. The average Bonchev–Trinajstić information content (AvgIpc) is 1.63. The third kappa shape index (κ3) is 7.72. The third-order valence-corrected chi connectivity index (χ3v) is 1.16. The van der Waals surface area contributed by atoms with Crippen LogP contribution in [0, 0.1) is 0 Å². The van der Waals surface area contributed by atoms with Crippen molar-refractivity contribution in [2.45, 2.75) is 6.92 Å². The van der Waals surface area contributed by atoms with Gasteiger partial charge in [0.25, 0.3) is 0 Å². The highest BCUT2D eigenvalue weighted by molar-refractivity contribution is 8.16.